The summed E-state index contributed by atoms with van der Waals surface area (Å²) in [7, 11) is 0. The van der Waals surface area contributed by atoms with Gasteiger partial charge in [0.2, 0.25) is 0 Å². The standard InChI is InChI=1S/C16H10Cl2FNO/c17-11-4-5-16-12(6-11)10(9-21)7-20(16)8-13-14(18)2-1-3-15(13)19/h1-7,9H,8H2. The van der Waals surface area contributed by atoms with Crippen molar-refractivity contribution < 1.29 is 9.18 Å². The van der Waals surface area contributed by atoms with E-state index >= 15 is 0 Å². The van der Waals surface area contributed by atoms with Gasteiger partial charge in [-0.15, -0.1) is 0 Å². The molecule has 1 heterocycles. The van der Waals surface area contributed by atoms with Gasteiger partial charge in [0, 0.05) is 38.3 Å². The van der Waals surface area contributed by atoms with Crippen molar-refractivity contribution in [1.29, 1.82) is 0 Å². The first-order valence-corrected chi connectivity index (χ1v) is 7.02. The van der Waals surface area contributed by atoms with E-state index in [9.17, 15) is 9.18 Å². The summed E-state index contributed by atoms with van der Waals surface area (Å²) in [5, 5.41) is 1.65. The molecule has 0 saturated carbocycles. The molecule has 0 fully saturated rings. The Bertz CT molecular complexity index is 821. The predicted molar refractivity (Wildman–Crippen MR) is 82.8 cm³/mol. The molecule has 21 heavy (non-hydrogen) atoms. The lowest BCUT2D eigenvalue weighted by Crippen LogP contribution is -2.01. The van der Waals surface area contributed by atoms with Gasteiger partial charge in [-0.2, -0.15) is 0 Å². The normalized spacial score (nSPS) is 11.0. The fourth-order valence-corrected chi connectivity index (χ4v) is 2.77. The van der Waals surface area contributed by atoms with E-state index in [2.05, 4.69) is 0 Å². The number of carbonyl (C=O) groups excluding carboxylic acids is 1. The quantitative estimate of drug-likeness (QED) is 0.626. The lowest BCUT2D eigenvalue weighted by atomic mass is 10.2. The average Bonchev–Trinajstić information content (AvgIpc) is 2.80. The molecule has 0 N–H and O–H groups in total. The number of fused-ring (bicyclic) bond motifs is 1. The zero-order chi connectivity index (χ0) is 15.0. The molecule has 0 bridgehead atoms. The van der Waals surface area contributed by atoms with Crippen LogP contribution >= 0.6 is 23.2 Å². The number of carbonyl (C=O) groups is 1. The lowest BCUT2D eigenvalue weighted by molar-refractivity contribution is 0.112. The van der Waals surface area contributed by atoms with Crippen LogP contribution in [0.1, 0.15) is 15.9 Å². The Hall–Kier alpha value is -1.84. The lowest BCUT2D eigenvalue weighted by Gasteiger charge is -2.08. The molecule has 5 heteroatoms. The van der Waals surface area contributed by atoms with Gasteiger partial charge in [0.15, 0.2) is 6.29 Å². The first-order valence-electron chi connectivity index (χ1n) is 6.26. The highest BCUT2D eigenvalue weighted by Crippen LogP contribution is 2.27. The van der Waals surface area contributed by atoms with Crippen molar-refractivity contribution >= 4 is 40.4 Å². The van der Waals surface area contributed by atoms with Crippen LogP contribution in [-0.4, -0.2) is 10.9 Å². The minimum atomic E-state index is -0.369. The van der Waals surface area contributed by atoms with Crippen LogP contribution < -0.4 is 0 Å². The van der Waals surface area contributed by atoms with Crippen molar-refractivity contribution in [2.24, 2.45) is 0 Å². The Morgan fingerprint density at radius 1 is 1.19 bits per heavy atom. The number of aldehydes is 1. The number of hydrogen-bond acceptors (Lipinski definition) is 1. The fourth-order valence-electron chi connectivity index (χ4n) is 2.38. The van der Waals surface area contributed by atoms with Gasteiger partial charge in [-0.25, -0.2) is 4.39 Å². The Kier molecular flexibility index (Phi) is 3.70. The molecule has 0 aliphatic heterocycles. The number of aromatic nitrogens is 1. The van der Waals surface area contributed by atoms with Crippen molar-refractivity contribution in [1.82, 2.24) is 4.57 Å². The molecule has 0 spiro atoms. The van der Waals surface area contributed by atoms with E-state index < -0.39 is 0 Å². The summed E-state index contributed by atoms with van der Waals surface area (Å²) in [6.45, 7) is 0.247. The maximum atomic E-state index is 13.9. The van der Waals surface area contributed by atoms with E-state index in [1.165, 1.54) is 6.07 Å². The van der Waals surface area contributed by atoms with E-state index in [-0.39, 0.29) is 12.4 Å². The van der Waals surface area contributed by atoms with Crippen LogP contribution in [0.5, 0.6) is 0 Å². The fraction of sp³-hybridized carbons (Fsp3) is 0.0625. The highest BCUT2D eigenvalue weighted by molar-refractivity contribution is 6.31. The largest absolute Gasteiger partial charge is 0.342 e. The first kappa shape index (κ1) is 14.1. The summed E-state index contributed by atoms with van der Waals surface area (Å²) < 4.78 is 15.7. The number of hydrogen-bond donors (Lipinski definition) is 0. The van der Waals surface area contributed by atoms with Crippen LogP contribution in [-0.2, 0) is 6.54 Å². The highest BCUT2D eigenvalue weighted by Gasteiger charge is 2.12. The van der Waals surface area contributed by atoms with Crippen LogP contribution in [0, 0.1) is 5.82 Å². The third-order valence-corrected chi connectivity index (χ3v) is 3.98. The molecule has 0 radical (unpaired) electrons. The Labute approximate surface area is 130 Å². The van der Waals surface area contributed by atoms with E-state index in [0.29, 0.717) is 21.2 Å². The van der Waals surface area contributed by atoms with Gasteiger partial charge >= 0.3 is 0 Å². The molecule has 2 aromatic carbocycles. The molecule has 106 valence electrons. The molecular weight excluding hydrogens is 312 g/mol. The van der Waals surface area contributed by atoms with Gasteiger partial charge in [0.1, 0.15) is 5.82 Å². The highest BCUT2D eigenvalue weighted by atomic mass is 35.5. The summed E-state index contributed by atoms with van der Waals surface area (Å²) in [6.07, 6.45) is 2.44. The van der Waals surface area contributed by atoms with Gasteiger partial charge in [0.25, 0.3) is 0 Å². The molecular formula is C16H10Cl2FNO. The minimum absolute atomic E-state index is 0.247. The maximum absolute atomic E-state index is 13.9. The summed E-state index contributed by atoms with van der Waals surface area (Å²) >= 11 is 12.0. The van der Waals surface area contributed by atoms with Gasteiger partial charge in [0.05, 0.1) is 6.54 Å². The van der Waals surface area contributed by atoms with Gasteiger partial charge in [-0.3, -0.25) is 4.79 Å². The van der Waals surface area contributed by atoms with Crippen LogP contribution in [0.25, 0.3) is 10.9 Å². The van der Waals surface area contributed by atoms with Crippen LogP contribution in [0.3, 0.4) is 0 Å². The zero-order valence-electron chi connectivity index (χ0n) is 10.8. The summed E-state index contributed by atoms with van der Waals surface area (Å²) in [6, 6.07) is 9.83. The van der Waals surface area contributed by atoms with Crippen molar-refractivity contribution in [2.45, 2.75) is 6.54 Å². The van der Waals surface area contributed by atoms with Crippen LogP contribution in [0.15, 0.2) is 42.6 Å². The minimum Gasteiger partial charge on any atom is -0.342 e. The van der Waals surface area contributed by atoms with Gasteiger partial charge < -0.3 is 4.57 Å². The SMILES string of the molecule is O=Cc1cn(Cc2c(F)cccc2Cl)c2ccc(Cl)cc12. The third-order valence-electron chi connectivity index (χ3n) is 3.39. The van der Waals surface area contributed by atoms with Crippen molar-refractivity contribution in [3.8, 4) is 0 Å². The maximum Gasteiger partial charge on any atom is 0.152 e. The topological polar surface area (TPSA) is 22.0 Å². The van der Waals surface area contributed by atoms with E-state index in [0.717, 1.165) is 17.2 Å². The number of halogens is 3. The molecule has 0 atom stereocenters. The number of rotatable bonds is 3. The molecule has 0 saturated heterocycles. The number of benzene rings is 2. The molecule has 0 aliphatic carbocycles. The molecule has 0 unspecified atom stereocenters. The average molecular weight is 322 g/mol. The third kappa shape index (κ3) is 2.55. The zero-order valence-corrected chi connectivity index (χ0v) is 12.3. The van der Waals surface area contributed by atoms with Gasteiger partial charge in [-0.05, 0) is 30.3 Å². The van der Waals surface area contributed by atoms with Gasteiger partial charge in [-0.1, -0.05) is 29.3 Å². The van der Waals surface area contributed by atoms with E-state index in [1.54, 1.807) is 41.1 Å². The molecule has 1 aromatic heterocycles. The van der Waals surface area contributed by atoms with E-state index in [1.807, 2.05) is 0 Å². The van der Waals surface area contributed by atoms with Crippen molar-refractivity contribution in [2.75, 3.05) is 0 Å². The summed E-state index contributed by atoms with van der Waals surface area (Å²) in [5.41, 5.74) is 1.71. The summed E-state index contributed by atoms with van der Waals surface area (Å²) in [5.74, 6) is -0.369. The first-order chi connectivity index (χ1) is 10.1. The van der Waals surface area contributed by atoms with Crippen LogP contribution in [0.4, 0.5) is 4.39 Å². The number of nitrogens with zero attached hydrogens (tertiary/aromatic N) is 1. The molecule has 3 rings (SSSR count). The Morgan fingerprint density at radius 3 is 2.71 bits per heavy atom. The second-order valence-corrected chi connectivity index (χ2v) is 5.54. The summed E-state index contributed by atoms with van der Waals surface area (Å²) in [4.78, 5) is 11.2. The second kappa shape index (κ2) is 5.51. The van der Waals surface area contributed by atoms with Crippen molar-refractivity contribution in [3.63, 3.8) is 0 Å². The predicted octanol–water partition coefficient (Wildman–Crippen LogP) is 4.95. The second-order valence-electron chi connectivity index (χ2n) is 4.69. The van der Waals surface area contributed by atoms with Crippen molar-refractivity contribution in [3.05, 3.63) is 69.6 Å². The van der Waals surface area contributed by atoms with Crippen LogP contribution in [0.2, 0.25) is 10.0 Å². The molecule has 0 amide bonds. The van der Waals surface area contributed by atoms with E-state index in [4.69, 9.17) is 23.2 Å². The Morgan fingerprint density at radius 2 is 2.00 bits per heavy atom. The molecule has 2 nitrogen and oxygen atoms in total. The molecule has 0 aliphatic rings. The smallest absolute Gasteiger partial charge is 0.152 e. The molecule has 3 aromatic rings. The Balaban J connectivity index is 2.15. The monoisotopic (exact) mass is 321 g/mol.